The Labute approximate surface area is 99.1 Å². The first-order valence-corrected chi connectivity index (χ1v) is 6.47. The van der Waals surface area contributed by atoms with E-state index in [0.717, 1.165) is 12.1 Å². The van der Waals surface area contributed by atoms with Gasteiger partial charge < -0.3 is 10.3 Å². The van der Waals surface area contributed by atoms with E-state index in [4.69, 9.17) is 5.73 Å². The quantitative estimate of drug-likeness (QED) is 0.688. The van der Waals surface area contributed by atoms with Gasteiger partial charge in [-0.15, -0.1) is 0 Å². The third-order valence-corrected chi connectivity index (χ3v) is 2.97. The van der Waals surface area contributed by atoms with Crippen molar-refractivity contribution in [1.82, 2.24) is 9.55 Å². The molecule has 0 saturated heterocycles. The van der Waals surface area contributed by atoms with Crippen LogP contribution in [0.25, 0.3) is 0 Å². The second-order valence-corrected chi connectivity index (χ2v) is 4.63. The van der Waals surface area contributed by atoms with Crippen molar-refractivity contribution < 1.29 is 0 Å². The van der Waals surface area contributed by atoms with E-state index in [9.17, 15) is 0 Å². The van der Waals surface area contributed by atoms with Crippen molar-refractivity contribution in [2.45, 2.75) is 57.9 Å². The van der Waals surface area contributed by atoms with E-state index in [1.54, 1.807) is 0 Å². The predicted molar refractivity (Wildman–Crippen MR) is 68.1 cm³/mol. The van der Waals surface area contributed by atoms with Crippen molar-refractivity contribution in [3.05, 3.63) is 18.2 Å². The molecule has 0 aliphatic rings. The van der Waals surface area contributed by atoms with Gasteiger partial charge in [0.05, 0.1) is 12.0 Å². The summed E-state index contributed by atoms with van der Waals surface area (Å²) in [4.78, 5) is 4.28. The predicted octanol–water partition coefficient (Wildman–Crippen LogP) is 3.17. The standard InChI is InChI=1S/C13H25N3/c1-3-4-5-6-7-8-9-12(14)13-10-16(2)11-15-13/h10-12H,3-9,14H2,1-2H3. The Kier molecular flexibility index (Phi) is 6.16. The Bertz CT molecular complexity index is 280. The van der Waals surface area contributed by atoms with Crippen LogP contribution in [0, 0.1) is 0 Å². The first-order valence-electron chi connectivity index (χ1n) is 6.47. The molecule has 1 unspecified atom stereocenters. The van der Waals surface area contributed by atoms with E-state index in [1.165, 1.54) is 38.5 Å². The Morgan fingerprint density at radius 1 is 1.25 bits per heavy atom. The lowest BCUT2D eigenvalue weighted by molar-refractivity contribution is 0.542. The lowest BCUT2D eigenvalue weighted by Gasteiger charge is -2.08. The van der Waals surface area contributed by atoms with Gasteiger partial charge in [-0.2, -0.15) is 0 Å². The van der Waals surface area contributed by atoms with Gasteiger partial charge in [0.15, 0.2) is 0 Å². The van der Waals surface area contributed by atoms with Crippen molar-refractivity contribution in [1.29, 1.82) is 0 Å². The highest BCUT2D eigenvalue weighted by Gasteiger charge is 2.07. The van der Waals surface area contributed by atoms with Crippen molar-refractivity contribution >= 4 is 0 Å². The largest absolute Gasteiger partial charge is 0.340 e. The number of hydrogen-bond acceptors (Lipinski definition) is 2. The van der Waals surface area contributed by atoms with Gasteiger partial charge in [0.1, 0.15) is 0 Å². The van der Waals surface area contributed by atoms with Gasteiger partial charge in [-0.05, 0) is 6.42 Å². The second-order valence-electron chi connectivity index (χ2n) is 4.63. The molecule has 0 aliphatic carbocycles. The van der Waals surface area contributed by atoms with Crippen LogP contribution in [0.15, 0.2) is 12.5 Å². The molecule has 0 bridgehead atoms. The van der Waals surface area contributed by atoms with Gasteiger partial charge in [-0.25, -0.2) is 4.98 Å². The van der Waals surface area contributed by atoms with E-state index in [1.807, 2.05) is 24.1 Å². The lowest BCUT2D eigenvalue weighted by atomic mass is 10.0. The molecule has 0 spiro atoms. The summed E-state index contributed by atoms with van der Waals surface area (Å²) in [6.07, 6.45) is 12.8. The summed E-state index contributed by atoms with van der Waals surface area (Å²) in [6.45, 7) is 2.25. The van der Waals surface area contributed by atoms with Crippen LogP contribution in [0.4, 0.5) is 0 Å². The number of nitrogens with zero attached hydrogens (tertiary/aromatic N) is 2. The number of hydrogen-bond donors (Lipinski definition) is 1. The Hall–Kier alpha value is -0.830. The van der Waals surface area contributed by atoms with Crippen LogP contribution in [-0.4, -0.2) is 9.55 Å². The topological polar surface area (TPSA) is 43.8 Å². The fraction of sp³-hybridized carbons (Fsp3) is 0.769. The molecule has 3 heteroatoms. The Morgan fingerprint density at radius 2 is 1.94 bits per heavy atom. The number of aromatic nitrogens is 2. The summed E-state index contributed by atoms with van der Waals surface area (Å²) in [6, 6.07) is 0.118. The molecule has 92 valence electrons. The zero-order valence-electron chi connectivity index (χ0n) is 10.7. The molecule has 1 aromatic rings. The van der Waals surface area contributed by atoms with Gasteiger partial charge in [0, 0.05) is 19.3 Å². The fourth-order valence-electron chi connectivity index (χ4n) is 1.92. The highest BCUT2D eigenvalue weighted by Crippen LogP contribution is 2.16. The summed E-state index contributed by atoms with van der Waals surface area (Å²) in [5.74, 6) is 0. The molecule has 1 rings (SSSR count). The highest BCUT2D eigenvalue weighted by molar-refractivity contribution is 5.02. The number of nitrogens with two attached hydrogens (primary N) is 1. The zero-order valence-corrected chi connectivity index (χ0v) is 10.7. The lowest BCUT2D eigenvalue weighted by Crippen LogP contribution is -2.10. The Balaban J connectivity index is 2.09. The maximum absolute atomic E-state index is 6.07. The molecule has 1 aromatic heterocycles. The van der Waals surface area contributed by atoms with Crippen LogP contribution >= 0.6 is 0 Å². The smallest absolute Gasteiger partial charge is 0.0947 e. The van der Waals surface area contributed by atoms with Gasteiger partial charge in [0.2, 0.25) is 0 Å². The minimum Gasteiger partial charge on any atom is -0.340 e. The average molecular weight is 223 g/mol. The van der Waals surface area contributed by atoms with Crippen molar-refractivity contribution in [3.8, 4) is 0 Å². The molecule has 3 nitrogen and oxygen atoms in total. The maximum atomic E-state index is 6.07. The second kappa shape index (κ2) is 7.44. The maximum Gasteiger partial charge on any atom is 0.0947 e. The highest BCUT2D eigenvalue weighted by atomic mass is 15.0. The molecule has 16 heavy (non-hydrogen) atoms. The molecular formula is C13H25N3. The first kappa shape index (κ1) is 13.2. The molecule has 0 fully saturated rings. The zero-order chi connectivity index (χ0) is 11.8. The van der Waals surface area contributed by atoms with Gasteiger partial charge in [-0.1, -0.05) is 45.4 Å². The van der Waals surface area contributed by atoms with Crippen LogP contribution < -0.4 is 5.73 Å². The minimum atomic E-state index is 0.118. The summed E-state index contributed by atoms with van der Waals surface area (Å²) in [5.41, 5.74) is 7.10. The molecule has 0 amide bonds. The van der Waals surface area contributed by atoms with E-state index in [-0.39, 0.29) is 6.04 Å². The van der Waals surface area contributed by atoms with Crippen molar-refractivity contribution in [2.24, 2.45) is 12.8 Å². The molecule has 1 heterocycles. The van der Waals surface area contributed by atoms with E-state index in [2.05, 4.69) is 11.9 Å². The Morgan fingerprint density at radius 3 is 2.56 bits per heavy atom. The third kappa shape index (κ3) is 4.79. The van der Waals surface area contributed by atoms with E-state index in [0.29, 0.717) is 0 Å². The fourth-order valence-corrected chi connectivity index (χ4v) is 1.92. The monoisotopic (exact) mass is 223 g/mol. The number of aryl methyl sites for hydroxylation is 1. The summed E-state index contributed by atoms with van der Waals surface area (Å²) >= 11 is 0. The summed E-state index contributed by atoms with van der Waals surface area (Å²) < 4.78 is 1.95. The van der Waals surface area contributed by atoms with Crippen LogP contribution in [0.1, 0.15) is 63.6 Å². The van der Waals surface area contributed by atoms with Crippen LogP contribution in [-0.2, 0) is 7.05 Å². The molecule has 0 aliphatic heterocycles. The van der Waals surface area contributed by atoms with E-state index < -0.39 is 0 Å². The summed E-state index contributed by atoms with van der Waals surface area (Å²) in [7, 11) is 1.98. The average Bonchev–Trinajstić information content (AvgIpc) is 2.70. The minimum absolute atomic E-state index is 0.118. The summed E-state index contributed by atoms with van der Waals surface area (Å²) in [5, 5.41) is 0. The van der Waals surface area contributed by atoms with Gasteiger partial charge >= 0.3 is 0 Å². The third-order valence-electron chi connectivity index (χ3n) is 2.97. The molecule has 0 radical (unpaired) electrons. The van der Waals surface area contributed by atoms with E-state index >= 15 is 0 Å². The van der Waals surface area contributed by atoms with Crippen molar-refractivity contribution in [2.75, 3.05) is 0 Å². The number of imidazole rings is 1. The van der Waals surface area contributed by atoms with Crippen LogP contribution in [0.3, 0.4) is 0 Å². The van der Waals surface area contributed by atoms with Gasteiger partial charge in [0.25, 0.3) is 0 Å². The molecule has 0 saturated carbocycles. The molecular weight excluding hydrogens is 198 g/mol. The number of unbranched alkanes of at least 4 members (excludes halogenated alkanes) is 5. The number of rotatable bonds is 8. The SMILES string of the molecule is CCCCCCCCC(N)c1cn(C)cn1. The van der Waals surface area contributed by atoms with Crippen LogP contribution in [0.5, 0.6) is 0 Å². The first-order chi connectivity index (χ1) is 7.74. The van der Waals surface area contributed by atoms with Crippen molar-refractivity contribution in [3.63, 3.8) is 0 Å². The van der Waals surface area contributed by atoms with Crippen LogP contribution in [0.2, 0.25) is 0 Å². The van der Waals surface area contributed by atoms with Gasteiger partial charge in [-0.3, -0.25) is 0 Å². The molecule has 2 N–H and O–H groups in total. The molecule has 0 aromatic carbocycles. The normalized spacial score (nSPS) is 12.9. The molecule has 1 atom stereocenters.